The number of anilines is 3. The molecule has 6 rings (SSSR count). The van der Waals surface area contributed by atoms with Crippen LogP contribution >= 0.6 is 0 Å². The predicted octanol–water partition coefficient (Wildman–Crippen LogP) is 10.7. The Balaban J connectivity index is 1.21. The summed E-state index contributed by atoms with van der Waals surface area (Å²) in [6.45, 7) is 5.82. The van der Waals surface area contributed by atoms with Crippen LogP contribution in [0.25, 0.3) is 0 Å². The molecule has 0 saturated heterocycles. The van der Waals surface area contributed by atoms with E-state index in [1.165, 1.54) is 92.1 Å². The second kappa shape index (κ2) is 19.1. The van der Waals surface area contributed by atoms with Gasteiger partial charge in [-0.3, -0.25) is 14.4 Å². The van der Waals surface area contributed by atoms with E-state index in [9.17, 15) is 9.59 Å². The molecule has 3 aromatic carbocycles. The summed E-state index contributed by atoms with van der Waals surface area (Å²) in [5, 5.41) is 18.7. The van der Waals surface area contributed by atoms with Gasteiger partial charge in [-0.15, -0.1) is 0 Å². The number of carbonyl (C=O) groups is 3. The molecule has 3 amide bonds. The third kappa shape index (κ3) is 8.66. The highest BCUT2D eigenvalue weighted by Crippen LogP contribution is 2.51. The first-order chi connectivity index (χ1) is 26.9. The zero-order valence-corrected chi connectivity index (χ0v) is 33.0. The summed E-state index contributed by atoms with van der Waals surface area (Å²) in [4.78, 5) is 44.9. The second-order valence-corrected chi connectivity index (χ2v) is 15.4. The van der Waals surface area contributed by atoms with Crippen LogP contribution in [0.1, 0.15) is 124 Å². The lowest BCUT2D eigenvalue weighted by atomic mass is 9.60. The van der Waals surface area contributed by atoms with Crippen LogP contribution in [0.15, 0.2) is 106 Å². The van der Waals surface area contributed by atoms with Crippen molar-refractivity contribution >= 4 is 51.9 Å². The maximum Gasteiger partial charge on any atom is 0.261 e. The van der Waals surface area contributed by atoms with Crippen molar-refractivity contribution in [1.29, 1.82) is 0 Å². The van der Waals surface area contributed by atoms with Crippen molar-refractivity contribution < 1.29 is 14.4 Å². The summed E-state index contributed by atoms with van der Waals surface area (Å²) in [6, 6.07) is 27.7. The predicted molar refractivity (Wildman–Crippen MR) is 224 cm³/mol. The van der Waals surface area contributed by atoms with Gasteiger partial charge in [0.15, 0.2) is 0 Å². The molecule has 0 fully saturated rings. The minimum Gasteiger partial charge on any atom is -0.272 e. The van der Waals surface area contributed by atoms with Crippen molar-refractivity contribution in [2.45, 2.75) is 124 Å². The number of rotatable bonds is 21. The van der Waals surface area contributed by atoms with Crippen LogP contribution in [-0.2, 0) is 14.4 Å². The zero-order valence-electron chi connectivity index (χ0n) is 33.0. The summed E-state index contributed by atoms with van der Waals surface area (Å²) < 4.78 is 0. The Morgan fingerprint density at radius 1 is 0.491 bits per heavy atom. The second-order valence-electron chi connectivity index (χ2n) is 15.4. The van der Waals surface area contributed by atoms with E-state index in [-0.39, 0.29) is 11.8 Å². The molecule has 3 atom stereocenters. The lowest BCUT2D eigenvalue weighted by molar-refractivity contribution is -0.136. The van der Waals surface area contributed by atoms with Gasteiger partial charge in [0, 0.05) is 5.71 Å². The van der Waals surface area contributed by atoms with E-state index in [0.29, 0.717) is 40.6 Å². The van der Waals surface area contributed by atoms with Crippen molar-refractivity contribution in [3.05, 3.63) is 91.0 Å². The Morgan fingerprint density at radius 2 is 0.891 bits per heavy atom. The molecule has 0 bridgehead atoms. The van der Waals surface area contributed by atoms with Gasteiger partial charge in [0.1, 0.15) is 17.3 Å². The highest BCUT2D eigenvalue weighted by molar-refractivity contribution is 6.33. The zero-order chi connectivity index (χ0) is 38.6. The lowest BCUT2D eigenvalue weighted by Crippen LogP contribution is -2.59. The number of hydrogen-bond donors (Lipinski definition) is 0. The van der Waals surface area contributed by atoms with E-state index in [1.54, 1.807) is 13.8 Å². The quantitative estimate of drug-likeness (QED) is 0.102. The van der Waals surface area contributed by atoms with Gasteiger partial charge in [-0.1, -0.05) is 151 Å². The van der Waals surface area contributed by atoms with Crippen LogP contribution < -0.4 is 15.0 Å². The van der Waals surface area contributed by atoms with Crippen molar-refractivity contribution in [1.82, 2.24) is 0 Å². The topological polar surface area (TPSA) is 98.0 Å². The summed E-state index contributed by atoms with van der Waals surface area (Å²) in [5.74, 6) is -3.22. The van der Waals surface area contributed by atoms with Crippen molar-refractivity contribution in [2.75, 3.05) is 15.0 Å². The fourth-order valence-corrected chi connectivity index (χ4v) is 8.61. The number of carbonyl (C=O) groups excluding carboxylic acids is 3. The maximum absolute atomic E-state index is 15.3. The molecule has 290 valence electrons. The van der Waals surface area contributed by atoms with Crippen LogP contribution in [0.4, 0.5) is 17.1 Å². The summed E-state index contributed by atoms with van der Waals surface area (Å²) in [5.41, 5.74) is 1.59. The lowest BCUT2D eigenvalue weighted by Gasteiger charge is -2.37. The van der Waals surface area contributed by atoms with Gasteiger partial charge in [0.25, 0.3) is 17.7 Å². The number of benzene rings is 3. The molecule has 3 heterocycles. The first kappa shape index (κ1) is 39.8. The molecule has 9 heteroatoms. The van der Waals surface area contributed by atoms with E-state index in [1.807, 2.05) is 91.0 Å². The Bertz CT molecular complexity index is 1840. The SMILES string of the molecule is CCCCCCCCCCCCCCCCCC1=NN(c2ccccc2)C(=O)[C@H]1[C@]1([C@H]2C(=O)N(c3ccccc3)N=C2C)C(=O)N(c2ccccc2)N=C1C. The van der Waals surface area contributed by atoms with Crippen LogP contribution in [0.2, 0.25) is 0 Å². The van der Waals surface area contributed by atoms with E-state index in [4.69, 9.17) is 15.3 Å². The monoisotopic (exact) mass is 742 g/mol. The molecule has 3 aromatic rings. The third-order valence-electron chi connectivity index (χ3n) is 11.5. The largest absolute Gasteiger partial charge is 0.272 e. The van der Waals surface area contributed by atoms with E-state index >= 15 is 4.79 Å². The first-order valence-electron chi connectivity index (χ1n) is 20.7. The number of hydrogen-bond acceptors (Lipinski definition) is 6. The van der Waals surface area contributed by atoms with Crippen molar-refractivity contribution in [3.8, 4) is 0 Å². The van der Waals surface area contributed by atoms with E-state index < -0.39 is 23.2 Å². The number of unbranched alkanes of at least 4 members (excludes halogenated alkanes) is 14. The van der Waals surface area contributed by atoms with Gasteiger partial charge in [0.2, 0.25) is 0 Å². The molecule has 0 radical (unpaired) electrons. The molecule has 0 aliphatic carbocycles. The van der Waals surface area contributed by atoms with Crippen molar-refractivity contribution in [3.63, 3.8) is 0 Å². The van der Waals surface area contributed by atoms with Gasteiger partial charge in [-0.2, -0.15) is 20.3 Å². The normalized spacial score (nSPS) is 21.1. The number of hydrazone groups is 3. The van der Waals surface area contributed by atoms with Crippen LogP contribution in [0.5, 0.6) is 0 Å². The fraction of sp³-hybridized carbons (Fsp3) is 0.478. The molecular formula is C46H58N6O3. The number of para-hydroxylation sites is 3. The minimum atomic E-state index is -1.67. The molecule has 0 aromatic heterocycles. The molecule has 3 aliphatic heterocycles. The highest BCUT2D eigenvalue weighted by Gasteiger charge is 2.68. The van der Waals surface area contributed by atoms with E-state index in [0.717, 1.165) is 19.3 Å². The molecule has 55 heavy (non-hydrogen) atoms. The molecule has 0 spiro atoms. The summed E-state index contributed by atoms with van der Waals surface area (Å²) >= 11 is 0. The molecule has 0 saturated carbocycles. The molecular weight excluding hydrogens is 685 g/mol. The molecule has 0 N–H and O–H groups in total. The molecule has 9 nitrogen and oxygen atoms in total. The summed E-state index contributed by atoms with van der Waals surface area (Å²) in [6.07, 6.45) is 19.4. The third-order valence-corrected chi connectivity index (χ3v) is 11.5. The van der Waals surface area contributed by atoms with Gasteiger partial charge in [-0.05, 0) is 63.1 Å². The Kier molecular flexibility index (Phi) is 13.8. The number of nitrogens with zero attached hydrogens (tertiary/aromatic N) is 6. The van der Waals surface area contributed by atoms with Gasteiger partial charge in [0.05, 0.1) is 28.5 Å². The molecule has 0 unspecified atom stereocenters. The standard InChI is InChI=1S/C46H58N6O3/c1-4-5-6-7-8-9-10-11-12-13-14-15-16-17-27-34-40-42(44(54)51(49-40)38-30-23-19-24-31-38)46(36(3)48-52(45(46)55)39-32-25-20-26-33-39)41-35(2)47-50(43(41)53)37-28-21-18-22-29-37/h18-26,28-33,41-42H,4-17,27,34H2,1-3H3/t41-,42+,46+/m1/s1. The average molecular weight is 743 g/mol. The Labute approximate surface area is 327 Å². The van der Waals surface area contributed by atoms with Crippen molar-refractivity contribution in [2.24, 2.45) is 32.6 Å². The van der Waals surface area contributed by atoms with Gasteiger partial charge < -0.3 is 0 Å². The Hall–Kier alpha value is -4.92. The highest BCUT2D eigenvalue weighted by atomic mass is 16.2. The fourth-order valence-electron chi connectivity index (χ4n) is 8.61. The van der Waals surface area contributed by atoms with Gasteiger partial charge in [-0.25, -0.2) is 10.0 Å². The smallest absolute Gasteiger partial charge is 0.261 e. The van der Waals surface area contributed by atoms with Gasteiger partial charge >= 0.3 is 0 Å². The Morgan fingerprint density at radius 3 is 1.36 bits per heavy atom. The summed E-state index contributed by atoms with van der Waals surface area (Å²) in [7, 11) is 0. The van der Waals surface area contributed by atoms with Crippen LogP contribution in [-0.4, -0.2) is 34.9 Å². The first-order valence-corrected chi connectivity index (χ1v) is 20.7. The number of amides is 3. The van der Waals surface area contributed by atoms with Crippen LogP contribution in [0, 0.1) is 17.3 Å². The molecule has 3 aliphatic rings. The maximum atomic E-state index is 15.3. The average Bonchev–Trinajstić information content (AvgIpc) is 3.80. The minimum absolute atomic E-state index is 0.335. The van der Waals surface area contributed by atoms with E-state index in [2.05, 4.69) is 6.92 Å². The van der Waals surface area contributed by atoms with Crippen LogP contribution in [0.3, 0.4) is 0 Å².